The van der Waals surface area contributed by atoms with E-state index < -0.39 is 0 Å². The van der Waals surface area contributed by atoms with Crippen molar-refractivity contribution >= 4 is 28.9 Å². The molecular weight excluding hydrogens is 255 g/mol. The van der Waals surface area contributed by atoms with Crippen LogP contribution in [0.5, 0.6) is 0 Å². The topological polar surface area (TPSA) is 24.9 Å². The highest BCUT2D eigenvalue weighted by atomic mass is 35.5. The van der Waals surface area contributed by atoms with Gasteiger partial charge in [-0.2, -0.15) is 0 Å². The van der Waals surface area contributed by atoms with Crippen molar-refractivity contribution in [1.29, 1.82) is 0 Å². The fourth-order valence-electron chi connectivity index (χ4n) is 1.51. The van der Waals surface area contributed by atoms with Crippen molar-refractivity contribution in [3.05, 3.63) is 58.3 Å². The molecule has 0 radical (unpaired) electrons. The summed E-state index contributed by atoms with van der Waals surface area (Å²) in [6.45, 7) is 0.837. The van der Waals surface area contributed by atoms with E-state index in [1.165, 1.54) is 0 Å². The van der Waals surface area contributed by atoms with E-state index in [4.69, 9.17) is 23.2 Å². The van der Waals surface area contributed by atoms with Gasteiger partial charge < -0.3 is 5.32 Å². The summed E-state index contributed by atoms with van der Waals surface area (Å²) in [5, 5.41) is 4.48. The zero-order valence-electron chi connectivity index (χ0n) is 9.16. The van der Waals surface area contributed by atoms with Crippen LogP contribution in [0.2, 0.25) is 10.0 Å². The highest BCUT2D eigenvalue weighted by Crippen LogP contribution is 2.22. The maximum Gasteiger partial charge on any atom is 0.0595 e. The molecule has 17 heavy (non-hydrogen) atoms. The van der Waals surface area contributed by atoms with Crippen molar-refractivity contribution in [3.63, 3.8) is 0 Å². The summed E-state index contributed by atoms with van der Waals surface area (Å²) < 4.78 is 0. The van der Waals surface area contributed by atoms with Crippen molar-refractivity contribution in [2.24, 2.45) is 0 Å². The van der Waals surface area contributed by atoms with Gasteiger partial charge in [0.1, 0.15) is 0 Å². The van der Waals surface area contributed by atoms with Crippen molar-refractivity contribution in [2.45, 2.75) is 6.42 Å². The van der Waals surface area contributed by atoms with Crippen LogP contribution < -0.4 is 5.32 Å². The summed E-state index contributed by atoms with van der Waals surface area (Å²) in [6, 6.07) is 9.60. The van der Waals surface area contributed by atoms with Crippen molar-refractivity contribution in [1.82, 2.24) is 4.98 Å². The fourth-order valence-corrected chi connectivity index (χ4v) is 1.83. The molecule has 2 nitrogen and oxygen atoms in total. The van der Waals surface area contributed by atoms with E-state index >= 15 is 0 Å². The molecule has 0 aliphatic rings. The van der Waals surface area contributed by atoms with Gasteiger partial charge in [0.2, 0.25) is 0 Å². The summed E-state index contributed by atoms with van der Waals surface area (Å²) in [4.78, 5) is 4.03. The third kappa shape index (κ3) is 3.62. The monoisotopic (exact) mass is 266 g/mol. The molecule has 0 saturated heterocycles. The Balaban J connectivity index is 1.88. The molecule has 0 amide bonds. The van der Waals surface area contributed by atoms with Crippen LogP contribution in [0.25, 0.3) is 0 Å². The highest BCUT2D eigenvalue weighted by Gasteiger charge is 1.99. The van der Waals surface area contributed by atoms with Crippen LogP contribution in [0.1, 0.15) is 5.56 Å². The highest BCUT2D eigenvalue weighted by molar-refractivity contribution is 6.42. The Kier molecular flexibility index (Phi) is 4.24. The SMILES string of the molecule is Clc1ccc(CCNc2cccnc2)cc1Cl. The van der Waals surface area contributed by atoms with Crippen LogP contribution in [0, 0.1) is 0 Å². The summed E-state index contributed by atoms with van der Waals surface area (Å²) in [5.41, 5.74) is 2.18. The number of nitrogens with one attached hydrogen (secondary N) is 1. The van der Waals surface area contributed by atoms with E-state index in [1.807, 2.05) is 30.3 Å². The normalized spacial score (nSPS) is 10.2. The summed E-state index contributed by atoms with van der Waals surface area (Å²) in [5.74, 6) is 0. The molecule has 0 fully saturated rings. The maximum absolute atomic E-state index is 5.95. The Bertz CT molecular complexity index is 486. The molecule has 2 aromatic rings. The predicted octanol–water partition coefficient (Wildman–Crippen LogP) is 4.04. The van der Waals surface area contributed by atoms with Gasteiger partial charge in [-0.15, -0.1) is 0 Å². The summed E-state index contributed by atoms with van der Waals surface area (Å²) >= 11 is 11.8. The first kappa shape index (κ1) is 12.2. The van der Waals surface area contributed by atoms with E-state index in [0.717, 1.165) is 24.2 Å². The molecule has 0 bridgehead atoms. The van der Waals surface area contributed by atoms with Crippen LogP contribution in [0.15, 0.2) is 42.7 Å². The molecule has 1 N–H and O–H groups in total. The molecular formula is C13H12Cl2N2. The van der Waals surface area contributed by atoms with Crippen molar-refractivity contribution in [2.75, 3.05) is 11.9 Å². The lowest BCUT2D eigenvalue weighted by Gasteiger charge is -2.06. The quantitative estimate of drug-likeness (QED) is 0.904. The van der Waals surface area contributed by atoms with Gasteiger partial charge in [-0.3, -0.25) is 4.98 Å². The number of aromatic nitrogens is 1. The maximum atomic E-state index is 5.95. The first-order valence-corrected chi connectivity index (χ1v) is 6.09. The van der Waals surface area contributed by atoms with Gasteiger partial charge in [0, 0.05) is 18.9 Å². The van der Waals surface area contributed by atoms with Crippen LogP contribution in [-0.2, 0) is 6.42 Å². The first-order valence-electron chi connectivity index (χ1n) is 5.33. The molecule has 88 valence electrons. The Hall–Kier alpha value is -1.25. The summed E-state index contributed by atoms with van der Waals surface area (Å²) in [7, 11) is 0. The number of pyridine rings is 1. The zero-order chi connectivity index (χ0) is 12.1. The lowest BCUT2D eigenvalue weighted by Crippen LogP contribution is -2.04. The largest absolute Gasteiger partial charge is 0.383 e. The van der Waals surface area contributed by atoms with Gasteiger partial charge in [-0.05, 0) is 36.2 Å². The molecule has 4 heteroatoms. The zero-order valence-corrected chi connectivity index (χ0v) is 10.7. The third-order valence-corrected chi connectivity index (χ3v) is 3.13. The average molecular weight is 267 g/mol. The minimum absolute atomic E-state index is 0.593. The second kappa shape index (κ2) is 5.89. The van der Waals surface area contributed by atoms with E-state index in [0.29, 0.717) is 10.0 Å². The molecule has 0 unspecified atom stereocenters. The number of hydrogen-bond donors (Lipinski definition) is 1. The molecule has 0 atom stereocenters. The van der Waals surface area contributed by atoms with Crippen LogP contribution in [0.4, 0.5) is 5.69 Å². The fraction of sp³-hybridized carbons (Fsp3) is 0.154. The number of rotatable bonds is 4. The molecule has 0 spiro atoms. The molecule has 1 aromatic heterocycles. The Morgan fingerprint density at radius 1 is 1.12 bits per heavy atom. The van der Waals surface area contributed by atoms with Crippen LogP contribution in [0.3, 0.4) is 0 Å². The second-order valence-electron chi connectivity index (χ2n) is 3.67. The number of halogens is 2. The van der Waals surface area contributed by atoms with E-state index in [-0.39, 0.29) is 0 Å². The smallest absolute Gasteiger partial charge is 0.0595 e. The summed E-state index contributed by atoms with van der Waals surface area (Å²) in [6.07, 6.45) is 4.45. The lowest BCUT2D eigenvalue weighted by molar-refractivity contribution is 1.02. The minimum Gasteiger partial charge on any atom is -0.383 e. The molecule has 1 aromatic carbocycles. The van der Waals surface area contributed by atoms with Gasteiger partial charge in [0.15, 0.2) is 0 Å². The third-order valence-electron chi connectivity index (χ3n) is 2.39. The predicted molar refractivity (Wildman–Crippen MR) is 72.9 cm³/mol. The first-order chi connectivity index (χ1) is 8.25. The number of anilines is 1. The molecule has 1 heterocycles. The van der Waals surface area contributed by atoms with E-state index in [9.17, 15) is 0 Å². The Morgan fingerprint density at radius 2 is 2.00 bits per heavy atom. The standard InChI is InChI=1S/C13H12Cl2N2/c14-12-4-3-10(8-13(12)15)5-7-17-11-2-1-6-16-9-11/h1-4,6,8-9,17H,5,7H2. The van der Waals surface area contributed by atoms with Crippen molar-refractivity contribution in [3.8, 4) is 0 Å². The van der Waals surface area contributed by atoms with Gasteiger partial charge in [-0.25, -0.2) is 0 Å². The number of nitrogens with zero attached hydrogens (tertiary/aromatic N) is 1. The van der Waals surface area contributed by atoms with E-state index in [2.05, 4.69) is 10.3 Å². The van der Waals surface area contributed by atoms with E-state index in [1.54, 1.807) is 12.4 Å². The molecule has 0 aliphatic heterocycles. The van der Waals surface area contributed by atoms with Gasteiger partial charge in [0.05, 0.1) is 15.7 Å². The lowest BCUT2D eigenvalue weighted by atomic mass is 10.1. The van der Waals surface area contributed by atoms with Crippen LogP contribution >= 0.6 is 23.2 Å². The molecule has 2 rings (SSSR count). The average Bonchev–Trinajstić information content (AvgIpc) is 2.35. The van der Waals surface area contributed by atoms with Crippen LogP contribution in [-0.4, -0.2) is 11.5 Å². The number of benzene rings is 1. The Morgan fingerprint density at radius 3 is 2.71 bits per heavy atom. The minimum atomic E-state index is 0.593. The van der Waals surface area contributed by atoms with Gasteiger partial charge in [-0.1, -0.05) is 29.3 Å². The van der Waals surface area contributed by atoms with Gasteiger partial charge in [0.25, 0.3) is 0 Å². The van der Waals surface area contributed by atoms with Crippen molar-refractivity contribution < 1.29 is 0 Å². The number of hydrogen-bond acceptors (Lipinski definition) is 2. The molecule has 0 aliphatic carbocycles. The van der Waals surface area contributed by atoms with Gasteiger partial charge >= 0.3 is 0 Å². The second-order valence-corrected chi connectivity index (χ2v) is 4.48. The Labute approximate surface area is 111 Å². The molecule has 0 saturated carbocycles.